The Bertz CT molecular complexity index is 802. The molecule has 0 aliphatic heterocycles. The van der Waals surface area contributed by atoms with Gasteiger partial charge in [0, 0.05) is 25.2 Å². The van der Waals surface area contributed by atoms with Gasteiger partial charge in [0.15, 0.2) is 6.20 Å². The highest BCUT2D eigenvalue weighted by atomic mass is 35.5. The number of carbonyl (C=O) groups excluding carboxylic acids is 1. The molecule has 0 spiro atoms. The number of nitrogens with zero attached hydrogens (tertiary/aromatic N) is 3. The number of rotatable bonds is 4. The quantitative estimate of drug-likeness (QED) is 0.478. The molecule has 1 aromatic carbocycles. The average Bonchev–Trinajstić information content (AvgIpc) is 2.51. The molecule has 0 aliphatic rings. The SMILES string of the molecule is CN(C)C(=O)Oc1ccc[n+](C)c1/C=N/Nc1c(Cl)cc(Cl)cc1Cl. The van der Waals surface area contributed by atoms with E-state index in [1.165, 1.54) is 11.1 Å². The number of hydrazone groups is 1. The highest BCUT2D eigenvalue weighted by Gasteiger charge is 2.17. The van der Waals surface area contributed by atoms with E-state index in [1.54, 1.807) is 56.2 Å². The van der Waals surface area contributed by atoms with Crippen molar-refractivity contribution < 1.29 is 14.1 Å². The zero-order chi connectivity index (χ0) is 18.6. The maximum atomic E-state index is 11.8. The topological polar surface area (TPSA) is 57.8 Å². The molecule has 0 radical (unpaired) electrons. The van der Waals surface area contributed by atoms with Crippen molar-refractivity contribution in [3.8, 4) is 5.75 Å². The smallest absolute Gasteiger partial charge is 0.403 e. The van der Waals surface area contributed by atoms with Gasteiger partial charge in [0.2, 0.25) is 5.75 Å². The number of nitrogens with one attached hydrogen (secondary N) is 1. The normalized spacial score (nSPS) is 10.8. The van der Waals surface area contributed by atoms with Crippen LogP contribution in [-0.4, -0.2) is 31.3 Å². The van der Waals surface area contributed by atoms with E-state index in [4.69, 9.17) is 39.5 Å². The molecule has 1 heterocycles. The van der Waals surface area contributed by atoms with E-state index in [0.29, 0.717) is 32.2 Å². The third-order valence-corrected chi connectivity index (χ3v) is 3.94. The van der Waals surface area contributed by atoms with Crippen LogP contribution in [0.4, 0.5) is 10.5 Å². The zero-order valence-corrected chi connectivity index (χ0v) is 16.0. The molecule has 1 aromatic heterocycles. The van der Waals surface area contributed by atoms with Crippen molar-refractivity contribution in [1.29, 1.82) is 0 Å². The number of hydrogen-bond donors (Lipinski definition) is 1. The van der Waals surface area contributed by atoms with Crippen molar-refractivity contribution in [3.63, 3.8) is 0 Å². The maximum Gasteiger partial charge on any atom is 0.414 e. The summed E-state index contributed by atoms with van der Waals surface area (Å²) < 4.78 is 7.09. The molecule has 2 rings (SSSR count). The Labute approximate surface area is 160 Å². The van der Waals surface area contributed by atoms with Crippen LogP contribution in [0.3, 0.4) is 0 Å². The molecule has 0 fully saturated rings. The van der Waals surface area contributed by atoms with Gasteiger partial charge in [-0.3, -0.25) is 5.43 Å². The molecule has 0 atom stereocenters. The predicted molar refractivity (Wildman–Crippen MR) is 100 cm³/mol. The number of pyridine rings is 1. The Kier molecular flexibility index (Phi) is 6.47. The van der Waals surface area contributed by atoms with Crippen LogP contribution in [-0.2, 0) is 7.05 Å². The molecule has 2 aromatic rings. The minimum absolute atomic E-state index is 0.339. The molecule has 132 valence electrons. The first-order chi connectivity index (χ1) is 11.8. The monoisotopic (exact) mass is 401 g/mol. The molecule has 0 saturated heterocycles. The van der Waals surface area contributed by atoms with Crippen LogP contribution in [0.15, 0.2) is 35.6 Å². The number of amides is 1. The summed E-state index contributed by atoms with van der Waals surface area (Å²) in [7, 11) is 5.01. The summed E-state index contributed by atoms with van der Waals surface area (Å²) in [5, 5.41) is 5.23. The second-order valence-corrected chi connectivity index (χ2v) is 6.50. The predicted octanol–water partition coefficient (Wildman–Crippen LogP) is 3.98. The highest BCUT2D eigenvalue weighted by Crippen LogP contribution is 2.33. The number of halogens is 3. The molecule has 25 heavy (non-hydrogen) atoms. The fraction of sp³-hybridized carbons (Fsp3) is 0.188. The summed E-state index contributed by atoms with van der Waals surface area (Å²) in [6.07, 6.45) is 2.81. The van der Waals surface area contributed by atoms with Gasteiger partial charge in [-0.05, 0) is 18.2 Å². The van der Waals surface area contributed by atoms with Crippen molar-refractivity contribution in [2.75, 3.05) is 19.5 Å². The molecule has 6 nitrogen and oxygen atoms in total. The van der Waals surface area contributed by atoms with Crippen molar-refractivity contribution in [2.24, 2.45) is 12.1 Å². The number of hydrogen-bond acceptors (Lipinski definition) is 4. The van der Waals surface area contributed by atoms with Crippen LogP contribution in [0, 0.1) is 0 Å². The summed E-state index contributed by atoms with van der Waals surface area (Å²) in [4.78, 5) is 13.1. The standard InChI is InChI=1S/C16H15Cl3N4O2/c1-22(2)16(24)25-14-5-4-6-23(3)13(14)9-20-21-15-11(18)7-10(17)8-12(15)19/h4-9H,1-3H3/p+1. The Morgan fingerprint density at radius 2 is 1.92 bits per heavy atom. The first-order valence-electron chi connectivity index (χ1n) is 7.11. The van der Waals surface area contributed by atoms with Crippen LogP contribution in [0.1, 0.15) is 5.69 Å². The number of aromatic nitrogens is 1. The Hall–Kier alpha value is -2.02. The Balaban J connectivity index is 2.25. The molecule has 9 heteroatoms. The van der Waals surface area contributed by atoms with Crippen LogP contribution in [0.25, 0.3) is 0 Å². The third kappa shape index (κ3) is 4.98. The largest absolute Gasteiger partial charge is 0.414 e. The van der Waals surface area contributed by atoms with E-state index < -0.39 is 6.09 Å². The fourth-order valence-corrected chi connectivity index (χ4v) is 2.73. The van der Waals surface area contributed by atoms with Gasteiger partial charge < -0.3 is 9.64 Å². The molecule has 1 amide bonds. The van der Waals surface area contributed by atoms with Gasteiger partial charge in [0.1, 0.15) is 13.3 Å². The number of carbonyl (C=O) groups is 1. The van der Waals surface area contributed by atoms with Crippen LogP contribution < -0.4 is 14.7 Å². The van der Waals surface area contributed by atoms with Gasteiger partial charge in [0.25, 0.3) is 5.69 Å². The summed E-state index contributed by atoms with van der Waals surface area (Å²) in [5.41, 5.74) is 3.77. The minimum Gasteiger partial charge on any atom is -0.403 e. The lowest BCUT2D eigenvalue weighted by Crippen LogP contribution is -2.35. The second kappa shape index (κ2) is 8.38. The van der Waals surface area contributed by atoms with E-state index >= 15 is 0 Å². The minimum atomic E-state index is -0.488. The van der Waals surface area contributed by atoms with E-state index in [-0.39, 0.29) is 0 Å². The maximum absolute atomic E-state index is 11.8. The fourth-order valence-electron chi connectivity index (χ4n) is 1.83. The van der Waals surface area contributed by atoms with Gasteiger partial charge in [0.05, 0.1) is 15.7 Å². The van der Waals surface area contributed by atoms with Crippen molar-refractivity contribution in [3.05, 3.63) is 51.2 Å². The average molecular weight is 403 g/mol. The molecule has 0 saturated carbocycles. The lowest BCUT2D eigenvalue weighted by atomic mass is 10.3. The lowest BCUT2D eigenvalue weighted by Gasteiger charge is -2.11. The number of anilines is 1. The van der Waals surface area contributed by atoms with Gasteiger partial charge in [-0.2, -0.15) is 9.67 Å². The van der Waals surface area contributed by atoms with Crippen molar-refractivity contribution >= 4 is 52.8 Å². The Morgan fingerprint density at radius 3 is 2.52 bits per heavy atom. The number of benzene rings is 1. The van der Waals surface area contributed by atoms with E-state index in [1.807, 2.05) is 0 Å². The molecule has 0 aliphatic carbocycles. The zero-order valence-electron chi connectivity index (χ0n) is 13.8. The molecular weight excluding hydrogens is 387 g/mol. The van der Waals surface area contributed by atoms with Gasteiger partial charge in [-0.1, -0.05) is 34.8 Å². The molecule has 0 bridgehead atoms. The van der Waals surface area contributed by atoms with E-state index in [2.05, 4.69) is 10.5 Å². The van der Waals surface area contributed by atoms with Crippen LogP contribution >= 0.6 is 34.8 Å². The summed E-state index contributed by atoms with van der Waals surface area (Å²) in [6, 6.07) is 6.54. The first-order valence-corrected chi connectivity index (χ1v) is 8.24. The second-order valence-electron chi connectivity index (χ2n) is 5.25. The van der Waals surface area contributed by atoms with Crippen LogP contribution in [0.5, 0.6) is 5.75 Å². The van der Waals surface area contributed by atoms with Crippen molar-refractivity contribution in [1.82, 2.24) is 4.90 Å². The number of ether oxygens (including phenoxy) is 1. The summed E-state index contributed by atoms with van der Waals surface area (Å²) in [6.45, 7) is 0. The Morgan fingerprint density at radius 1 is 1.28 bits per heavy atom. The molecule has 1 N–H and O–H groups in total. The highest BCUT2D eigenvalue weighted by molar-refractivity contribution is 6.41. The van der Waals surface area contributed by atoms with Crippen molar-refractivity contribution in [2.45, 2.75) is 0 Å². The van der Waals surface area contributed by atoms with Gasteiger partial charge in [-0.25, -0.2) is 4.79 Å². The summed E-state index contributed by atoms with van der Waals surface area (Å²) >= 11 is 18.1. The van der Waals surface area contributed by atoms with Gasteiger partial charge in [-0.15, -0.1) is 0 Å². The molecular formula is C16H16Cl3N4O2+. The lowest BCUT2D eigenvalue weighted by molar-refractivity contribution is -0.672. The first kappa shape index (κ1) is 19.3. The third-order valence-electron chi connectivity index (χ3n) is 3.12. The van der Waals surface area contributed by atoms with Crippen LogP contribution in [0.2, 0.25) is 15.1 Å². The number of aryl methyl sites for hydroxylation is 1. The van der Waals surface area contributed by atoms with E-state index in [9.17, 15) is 4.79 Å². The summed E-state index contributed by atoms with van der Waals surface area (Å²) in [5.74, 6) is 0.363. The molecule has 0 unspecified atom stereocenters. The van der Waals surface area contributed by atoms with Gasteiger partial charge >= 0.3 is 6.09 Å². The van der Waals surface area contributed by atoms with E-state index in [0.717, 1.165) is 0 Å².